The maximum absolute atomic E-state index is 6.38. The van der Waals surface area contributed by atoms with E-state index < -0.39 is 0 Å². The topological polar surface area (TPSA) is 113 Å². The van der Waals surface area contributed by atoms with E-state index in [2.05, 4.69) is 30.1 Å². The van der Waals surface area contributed by atoms with Crippen molar-refractivity contribution in [3.63, 3.8) is 0 Å². The van der Waals surface area contributed by atoms with E-state index in [0.717, 1.165) is 0 Å². The molecule has 24 heavy (non-hydrogen) atoms. The standard InChI is InChI=1S/C14H12ClN9/c1-2-23-19-7-10(22-23)8-3-4-9-13(20-8)24(15)14(21-9)11-12(16)18-6-5-17-11/h3-7H,2H2,1H3,(H2,16,18). The predicted molar refractivity (Wildman–Crippen MR) is 88.9 cm³/mol. The van der Waals surface area contributed by atoms with E-state index in [9.17, 15) is 0 Å². The molecule has 0 aliphatic heterocycles. The van der Waals surface area contributed by atoms with E-state index >= 15 is 0 Å². The van der Waals surface area contributed by atoms with E-state index in [-0.39, 0.29) is 5.82 Å². The lowest BCUT2D eigenvalue weighted by atomic mass is 10.3. The minimum absolute atomic E-state index is 0.251. The molecule has 0 amide bonds. The summed E-state index contributed by atoms with van der Waals surface area (Å²) in [6, 6.07) is 3.64. The summed E-state index contributed by atoms with van der Waals surface area (Å²) < 4.78 is 1.32. The number of fused-ring (bicyclic) bond motifs is 1. The van der Waals surface area contributed by atoms with Crippen LogP contribution in [0.15, 0.2) is 30.7 Å². The molecular weight excluding hydrogens is 330 g/mol. The number of nitrogens with zero attached hydrogens (tertiary/aromatic N) is 8. The number of rotatable bonds is 3. The molecule has 0 spiro atoms. The lowest BCUT2D eigenvalue weighted by Gasteiger charge is -2.01. The molecule has 4 rings (SSSR count). The molecule has 4 aromatic rings. The first-order chi connectivity index (χ1) is 11.7. The number of aryl methyl sites for hydroxylation is 1. The van der Waals surface area contributed by atoms with Gasteiger partial charge in [0, 0.05) is 24.2 Å². The molecule has 0 fully saturated rings. The number of aromatic nitrogens is 8. The predicted octanol–water partition coefficient (Wildman–Crippen LogP) is 1.75. The van der Waals surface area contributed by atoms with E-state index in [0.29, 0.717) is 40.6 Å². The van der Waals surface area contributed by atoms with Crippen LogP contribution in [0.1, 0.15) is 6.92 Å². The zero-order valence-electron chi connectivity index (χ0n) is 12.6. The van der Waals surface area contributed by atoms with Crippen molar-refractivity contribution >= 4 is 28.8 Å². The highest BCUT2D eigenvalue weighted by Gasteiger charge is 2.17. The van der Waals surface area contributed by atoms with E-state index in [1.165, 1.54) is 16.5 Å². The molecular formula is C14H12ClN9. The maximum atomic E-state index is 6.38. The second kappa shape index (κ2) is 5.53. The van der Waals surface area contributed by atoms with Crippen LogP contribution in [0.5, 0.6) is 0 Å². The summed E-state index contributed by atoms with van der Waals surface area (Å²) in [7, 11) is 0. The Morgan fingerprint density at radius 3 is 2.71 bits per heavy atom. The normalized spacial score (nSPS) is 11.2. The minimum Gasteiger partial charge on any atom is -0.382 e. The van der Waals surface area contributed by atoms with Crippen molar-refractivity contribution in [2.45, 2.75) is 13.5 Å². The number of hydrogen-bond acceptors (Lipinski definition) is 7. The van der Waals surface area contributed by atoms with E-state index in [1.54, 1.807) is 11.0 Å². The van der Waals surface area contributed by atoms with E-state index in [4.69, 9.17) is 17.5 Å². The third-order valence-electron chi connectivity index (χ3n) is 3.47. The minimum atomic E-state index is 0.251. The Balaban J connectivity index is 1.86. The third kappa shape index (κ3) is 2.26. The van der Waals surface area contributed by atoms with Gasteiger partial charge in [-0.15, -0.1) is 0 Å². The van der Waals surface area contributed by atoms with Crippen LogP contribution in [-0.4, -0.2) is 39.0 Å². The molecule has 0 saturated heterocycles. The Hall–Kier alpha value is -3.07. The molecule has 0 aliphatic rings. The molecule has 0 unspecified atom stereocenters. The summed E-state index contributed by atoms with van der Waals surface area (Å²) in [5, 5.41) is 8.50. The molecule has 9 nitrogen and oxygen atoms in total. The van der Waals surface area contributed by atoms with Crippen LogP contribution < -0.4 is 5.73 Å². The molecule has 0 bridgehead atoms. The number of hydrogen-bond donors (Lipinski definition) is 1. The average molecular weight is 342 g/mol. The van der Waals surface area contributed by atoms with Gasteiger partial charge in [-0.05, 0) is 19.1 Å². The zero-order chi connectivity index (χ0) is 16.7. The van der Waals surface area contributed by atoms with Crippen molar-refractivity contribution in [1.29, 1.82) is 0 Å². The molecule has 0 aromatic carbocycles. The third-order valence-corrected chi connectivity index (χ3v) is 3.79. The van der Waals surface area contributed by atoms with Crippen LogP contribution in [-0.2, 0) is 6.54 Å². The van der Waals surface area contributed by atoms with Gasteiger partial charge in [-0.25, -0.2) is 24.0 Å². The molecule has 0 atom stereocenters. The zero-order valence-corrected chi connectivity index (χ0v) is 13.4. The Morgan fingerprint density at radius 1 is 1.12 bits per heavy atom. The van der Waals surface area contributed by atoms with Crippen molar-refractivity contribution in [2.75, 3.05) is 5.73 Å². The molecule has 0 aliphatic carbocycles. The second-order valence-corrected chi connectivity index (χ2v) is 5.30. The van der Waals surface area contributed by atoms with Gasteiger partial charge in [0.1, 0.15) is 16.9 Å². The van der Waals surface area contributed by atoms with Crippen LogP contribution >= 0.6 is 11.8 Å². The quantitative estimate of drug-likeness (QED) is 0.603. The summed E-state index contributed by atoms with van der Waals surface area (Å²) in [5.74, 6) is 0.639. The number of imidazole rings is 1. The van der Waals surface area contributed by atoms with Gasteiger partial charge in [0.2, 0.25) is 0 Å². The fraction of sp³-hybridized carbons (Fsp3) is 0.143. The smallest absolute Gasteiger partial charge is 0.179 e. The summed E-state index contributed by atoms with van der Waals surface area (Å²) in [5.41, 5.74) is 8.69. The van der Waals surface area contributed by atoms with Crippen molar-refractivity contribution in [1.82, 2.24) is 39.0 Å². The molecule has 10 heteroatoms. The molecule has 0 radical (unpaired) electrons. The molecule has 2 N–H and O–H groups in total. The fourth-order valence-electron chi connectivity index (χ4n) is 2.31. The van der Waals surface area contributed by atoms with Gasteiger partial charge < -0.3 is 5.73 Å². The SMILES string of the molecule is CCn1ncc(-c2ccc3nc(-c4nccnc4N)n(Cl)c3n2)n1. The van der Waals surface area contributed by atoms with Gasteiger partial charge in [-0.3, -0.25) is 0 Å². The lowest BCUT2D eigenvalue weighted by molar-refractivity contribution is 0.570. The Bertz CT molecular complexity index is 1040. The number of nitrogens with two attached hydrogens (primary N) is 1. The van der Waals surface area contributed by atoms with Crippen LogP contribution in [0.3, 0.4) is 0 Å². The van der Waals surface area contributed by atoms with Gasteiger partial charge in [-0.1, -0.05) is 0 Å². The molecule has 4 heterocycles. The molecule has 0 saturated carbocycles. The Labute approximate surface area is 141 Å². The van der Waals surface area contributed by atoms with Gasteiger partial charge in [-0.2, -0.15) is 15.0 Å². The fourth-order valence-corrected chi connectivity index (χ4v) is 2.55. The lowest BCUT2D eigenvalue weighted by Crippen LogP contribution is -1.99. The summed E-state index contributed by atoms with van der Waals surface area (Å²) in [4.78, 5) is 18.8. The van der Waals surface area contributed by atoms with Crippen LogP contribution in [0.4, 0.5) is 5.82 Å². The van der Waals surface area contributed by atoms with Gasteiger partial charge in [0.05, 0.1) is 18.4 Å². The first-order valence-corrected chi connectivity index (χ1v) is 7.54. The average Bonchev–Trinajstić information content (AvgIpc) is 3.20. The number of anilines is 1. The molecule has 4 aromatic heterocycles. The maximum Gasteiger partial charge on any atom is 0.179 e. The Kier molecular flexibility index (Phi) is 3.35. The van der Waals surface area contributed by atoms with Gasteiger partial charge >= 0.3 is 0 Å². The highest BCUT2D eigenvalue weighted by molar-refractivity contribution is 6.20. The van der Waals surface area contributed by atoms with E-state index in [1.807, 2.05) is 19.1 Å². The second-order valence-electron chi connectivity index (χ2n) is 4.96. The summed E-state index contributed by atoms with van der Waals surface area (Å²) >= 11 is 6.38. The van der Waals surface area contributed by atoms with Gasteiger partial charge in [0.25, 0.3) is 0 Å². The van der Waals surface area contributed by atoms with Crippen LogP contribution in [0.2, 0.25) is 0 Å². The van der Waals surface area contributed by atoms with Crippen molar-refractivity contribution in [3.8, 4) is 22.9 Å². The summed E-state index contributed by atoms with van der Waals surface area (Å²) in [6.07, 6.45) is 4.70. The van der Waals surface area contributed by atoms with Crippen LogP contribution in [0.25, 0.3) is 34.1 Å². The number of nitrogen functional groups attached to an aromatic ring is 1. The molecule has 120 valence electrons. The summed E-state index contributed by atoms with van der Waals surface area (Å²) in [6.45, 7) is 2.65. The van der Waals surface area contributed by atoms with Crippen LogP contribution in [0, 0.1) is 0 Å². The first-order valence-electron chi connectivity index (χ1n) is 7.20. The van der Waals surface area contributed by atoms with Crippen molar-refractivity contribution in [3.05, 3.63) is 30.7 Å². The number of halogens is 1. The van der Waals surface area contributed by atoms with Crippen molar-refractivity contribution in [2.24, 2.45) is 0 Å². The highest BCUT2D eigenvalue weighted by atomic mass is 35.5. The van der Waals surface area contributed by atoms with Crippen molar-refractivity contribution < 1.29 is 0 Å². The van der Waals surface area contributed by atoms with Gasteiger partial charge in [0.15, 0.2) is 17.3 Å². The Morgan fingerprint density at radius 2 is 1.96 bits per heavy atom. The largest absolute Gasteiger partial charge is 0.382 e. The first kappa shape index (κ1) is 14.5. The number of pyridine rings is 1. The monoisotopic (exact) mass is 341 g/mol. The highest BCUT2D eigenvalue weighted by Crippen LogP contribution is 2.27.